The second-order valence-electron chi connectivity index (χ2n) is 4.88. The van der Waals surface area contributed by atoms with E-state index in [0.717, 1.165) is 5.56 Å². The molecule has 3 heteroatoms. The van der Waals surface area contributed by atoms with Crippen molar-refractivity contribution in [2.75, 3.05) is 0 Å². The first-order valence-corrected chi connectivity index (χ1v) is 6.43. The van der Waals surface area contributed by atoms with Gasteiger partial charge in [-0.05, 0) is 25.5 Å². The highest BCUT2D eigenvalue weighted by Gasteiger charge is 2.16. The summed E-state index contributed by atoms with van der Waals surface area (Å²) in [6.07, 6.45) is 0. The predicted octanol–water partition coefficient (Wildman–Crippen LogP) is 3.41. The summed E-state index contributed by atoms with van der Waals surface area (Å²) in [5.74, 6) is -1.62. The van der Waals surface area contributed by atoms with Crippen LogP contribution in [0.3, 0.4) is 0 Å². The van der Waals surface area contributed by atoms with E-state index >= 15 is 0 Å². The number of carbonyl (C=O) groups is 2. The summed E-state index contributed by atoms with van der Waals surface area (Å²) in [6, 6.07) is 14.1. The normalized spacial score (nSPS) is 11.9. The lowest BCUT2D eigenvalue weighted by Gasteiger charge is -2.08. The molecule has 2 rings (SSSR count). The highest BCUT2D eigenvalue weighted by Crippen LogP contribution is 2.19. The van der Waals surface area contributed by atoms with E-state index in [-0.39, 0.29) is 5.78 Å². The monoisotopic (exact) mass is 268 g/mol. The fourth-order valence-electron chi connectivity index (χ4n) is 1.96. The molecule has 0 spiro atoms. The Hall–Kier alpha value is -2.42. The molecule has 0 unspecified atom stereocenters. The van der Waals surface area contributed by atoms with Crippen LogP contribution >= 0.6 is 0 Å². The van der Waals surface area contributed by atoms with Gasteiger partial charge in [-0.3, -0.25) is 9.59 Å². The van der Waals surface area contributed by atoms with Crippen molar-refractivity contribution in [2.45, 2.75) is 19.8 Å². The van der Waals surface area contributed by atoms with Crippen LogP contribution in [-0.2, 0) is 4.79 Å². The topological polar surface area (TPSA) is 54.4 Å². The van der Waals surface area contributed by atoms with Crippen LogP contribution < -0.4 is 0 Å². The molecule has 0 amide bonds. The van der Waals surface area contributed by atoms with Gasteiger partial charge in [0.05, 0.1) is 5.92 Å². The first kappa shape index (κ1) is 14.0. The zero-order valence-electron chi connectivity index (χ0n) is 11.5. The Kier molecular flexibility index (Phi) is 3.99. The third kappa shape index (κ3) is 2.94. The summed E-state index contributed by atoms with van der Waals surface area (Å²) in [6.45, 7) is 3.57. The number of rotatable bonds is 4. The van der Waals surface area contributed by atoms with Crippen molar-refractivity contribution in [3.05, 3.63) is 70.8 Å². The lowest BCUT2D eigenvalue weighted by Crippen LogP contribution is -2.09. The van der Waals surface area contributed by atoms with Crippen LogP contribution in [0.1, 0.15) is 39.9 Å². The number of carboxylic acid groups (broad SMARTS) is 1. The third-order valence-corrected chi connectivity index (χ3v) is 3.33. The van der Waals surface area contributed by atoms with Crippen LogP contribution in [0.25, 0.3) is 0 Å². The van der Waals surface area contributed by atoms with Crippen molar-refractivity contribution in [1.82, 2.24) is 0 Å². The maximum absolute atomic E-state index is 12.4. The first-order chi connectivity index (χ1) is 9.49. The Labute approximate surface area is 117 Å². The Morgan fingerprint density at radius 1 is 1.00 bits per heavy atom. The molecule has 0 heterocycles. The average Bonchev–Trinajstić information content (AvgIpc) is 2.46. The summed E-state index contributed by atoms with van der Waals surface area (Å²) in [4.78, 5) is 23.4. The van der Waals surface area contributed by atoms with Crippen LogP contribution in [0.2, 0.25) is 0 Å². The molecule has 0 fully saturated rings. The smallest absolute Gasteiger partial charge is 0.310 e. The maximum Gasteiger partial charge on any atom is 0.310 e. The van der Waals surface area contributed by atoms with Gasteiger partial charge in [-0.2, -0.15) is 0 Å². The van der Waals surface area contributed by atoms with E-state index in [1.165, 1.54) is 0 Å². The minimum Gasteiger partial charge on any atom is -0.481 e. The second kappa shape index (κ2) is 5.70. The molecule has 0 aliphatic carbocycles. The minimum atomic E-state index is -0.898. The van der Waals surface area contributed by atoms with Crippen molar-refractivity contribution in [1.29, 1.82) is 0 Å². The Bertz CT molecular complexity index is 642. The number of hydrogen-bond acceptors (Lipinski definition) is 2. The van der Waals surface area contributed by atoms with Gasteiger partial charge in [0.1, 0.15) is 0 Å². The van der Waals surface area contributed by atoms with Crippen LogP contribution in [0, 0.1) is 6.92 Å². The van der Waals surface area contributed by atoms with Crippen molar-refractivity contribution in [3.8, 4) is 0 Å². The highest BCUT2D eigenvalue weighted by atomic mass is 16.4. The van der Waals surface area contributed by atoms with Gasteiger partial charge in [0, 0.05) is 11.1 Å². The van der Waals surface area contributed by atoms with Crippen LogP contribution in [0.15, 0.2) is 48.5 Å². The van der Waals surface area contributed by atoms with Crippen molar-refractivity contribution in [2.24, 2.45) is 0 Å². The Morgan fingerprint density at radius 3 is 2.25 bits per heavy atom. The molecule has 20 heavy (non-hydrogen) atoms. The van der Waals surface area contributed by atoms with Gasteiger partial charge in [-0.1, -0.05) is 48.0 Å². The average molecular weight is 268 g/mol. The molecule has 0 aromatic heterocycles. The lowest BCUT2D eigenvalue weighted by molar-refractivity contribution is -0.138. The number of benzene rings is 2. The Morgan fingerprint density at radius 2 is 1.65 bits per heavy atom. The van der Waals surface area contributed by atoms with Gasteiger partial charge < -0.3 is 5.11 Å². The molecule has 0 bridgehead atoms. The fourth-order valence-corrected chi connectivity index (χ4v) is 1.96. The second-order valence-corrected chi connectivity index (χ2v) is 4.88. The Balaban J connectivity index is 2.33. The molecular formula is C17H16O3. The van der Waals surface area contributed by atoms with Crippen LogP contribution in [0.4, 0.5) is 0 Å². The van der Waals surface area contributed by atoms with Crippen molar-refractivity contribution >= 4 is 11.8 Å². The number of carbonyl (C=O) groups excluding carboxylic acids is 1. The number of aryl methyl sites for hydroxylation is 1. The highest BCUT2D eigenvalue weighted by molar-refractivity contribution is 6.09. The molecule has 2 aromatic rings. The summed E-state index contributed by atoms with van der Waals surface area (Å²) < 4.78 is 0. The van der Waals surface area contributed by atoms with Gasteiger partial charge >= 0.3 is 5.97 Å². The van der Waals surface area contributed by atoms with E-state index in [1.807, 2.05) is 19.1 Å². The van der Waals surface area contributed by atoms with Gasteiger partial charge in [0.25, 0.3) is 0 Å². The molecular weight excluding hydrogens is 252 g/mol. The third-order valence-electron chi connectivity index (χ3n) is 3.33. The van der Waals surface area contributed by atoms with E-state index in [4.69, 9.17) is 5.11 Å². The SMILES string of the molecule is Cc1ccc(C(=O)c2cccc([C@@H](C)C(=O)O)c2)cc1. The quantitative estimate of drug-likeness (QED) is 0.864. The molecule has 0 saturated heterocycles. The fraction of sp³-hybridized carbons (Fsp3) is 0.176. The molecule has 0 aliphatic heterocycles. The zero-order chi connectivity index (χ0) is 14.7. The van der Waals surface area contributed by atoms with E-state index in [9.17, 15) is 9.59 Å². The molecule has 0 saturated carbocycles. The summed E-state index contributed by atoms with van der Waals surface area (Å²) in [7, 11) is 0. The lowest BCUT2D eigenvalue weighted by atomic mass is 9.95. The van der Waals surface area contributed by atoms with Crippen molar-refractivity contribution in [3.63, 3.8) is 0 Å². The van der Waals surface area contributed by atoms with E-state index < -0.39 is 11.9 Å². The number of hydrogen-bond donors (Lipinski definition) is 1. The number of carboxylic acids is 1. The summed E-state index contributed by atoms with van der Waals surface area (Å²) >= 11 is 0. The zero-order valence-corrected chi connectivity index (χ0v) is 11.5. The first-order valence-electron chi connectivity index (χ1n) is 6.43. The molecule has 1 atom stereocenters. The number of aliphatic carboxylic acids is 1. The van der Waals surface area contributed by atoms with Crippen molar-refractivity contribution < 1.29 is 14.7 Å². The minimum absolute atomic E-state index is 0.0931. The maximum atomic E-state index is 12.4. The van der Waals surface area contributed by atoms with Gasteiger partial charge in [0.2, 0.25) is 0 Å². The predicted molar refractivity (Wildman–Crippen MR) is 77.1 cm³/mol. The molecule has 1 N–H and O–H groups in total. The molecule has 0 radical (unpaired) electrons. The van der Waals surface area contributed by atoms with Crippen LogP contribution in [-0.4, -0.2) is 16.9 Å². The molecule has 2 aromatic carbocycles. The van der Waals surface area contributed by atoms with Gasteiger partial charge in [0.15, 0.2) is 5.78 Å². The molecule has 0 aliphatic rings. The summed E-state index contributed by atoms with van der Waals surface area (Å²) in [5.41, 5.74) is 2.85. The van der Waals surface area contributed by atoms with E-state index in [2.05, 4.69) is 0 Å². The van der Waals surface area contributed by atoms with Crippen LogP contribution in [0.5, 0.6) is 0 Å². The van der Waals surface area contributed by atoms with Gasteiger partial charge in [-0.25, -0.2) is 0 Å². The van der Waals surface area contributed by atoms with Gasteiger partial charge in [-0.15, -0.1) is 0 Å². The molecule has 102 valence electrons. The largest absolute Gasteiger partial charge is 0.481 e. The summed E-state index contributed by atoms with van der Waals surface area (Å²) in [5, 5.41) is 9.03. The molecule has 3 nitrogen and oxygen atoms in total. The van der Waals surface area contributed by atoms with E-state index in [0.29, 0.717) is 16.7 Å². The van der Waals surface area contributed by atoms with E-state index in [1.54, 1.807) is 43.3 Å². The number of ketones is 1. The standard InChI is InChI=1S/C17H16O3/c1-11-6-8-13(9-7-11)16(18)15-5-3-4-14(10-15)12(2)17(19)20/h3-10,12H,1-2H3,(H,19,20)/t12-/m1/s1.